The zero-order valence-corrected chi connectivity index (χ0v) is 13.6. The van der Waals surface area contributed by atoms with Crippen LogP contribution in [0.15, 0.2) is 0 Å². The number of anilines is 1. The predicted octanol–water partition coefficient (Wildman–Crippen LogP) is 3.75. The molecule has 0 amide bonds. The average Bonchev–Trinajstić information content (AvgIpc) is 2.98. The van der Waals surface area contributed by atoms with Crippen molar-refractivity contribution in [1.29, 1.82) is 0 Å². The molecule has 5 nitrogen and oxygen atoms in total. The van der Waals surface area contributed by atoms with E-state index >= 15 is 0 Å². The van der Waals surface area contributed by atoms with Gasteiger partial charge in [-0.1, -0.05) is 13.8 Å². The van der Waals surface area contributed by atoms with Crippen molar-refractivity contribution in [3.63, 3.8) is 0 Å². The molecule has 0 saturated heterocycles. The molecule has 0 radical (unpaired) electrons. The number of nitrogens with zero attached hydrogens (tertiary/aromatic N) is 4. The van der Waals surface area contributed by atoms with Crippen molar-refractivity contribution < 1.29 is 13.2 Å². The van der Waals surface area contributed by atoms with Gasteiger partial charge in [-0.2, -0.15) is 17.7 Å². The molecule has 8 heteroatoms. The van der Waals surface area contributed by atoms with Crippen molar-refractivity contribution >= 4 is 11.5 Å². The summed E-state index contributed by atoms with van der Waals surface area (Å²) in [4.78, 5) is 0. The largest absolute Gasteiger partial charge is 0.453 e. The average molecular weight is 327 g/mol. The van der Waals surface area contributed by atoms with Crippen LogP contribution in [0.3, 0.4) is 0 Å². The van der Waals surface area contributed by atoms with Crippen molar-refractivity contribution in [2.45, 2.75) is 59.2 Å². The molecule has 1 unspecified atom stereocenters. The van der Waals surface area contributed by atoms with Gasteiger partial charge in [-0.3, -0.25) is 0 Å². The molecule has 0 aliphatic heterocycles. The van der Waals surface area contributed by atoms with Crippen LogP contribution in [0, 0.1) is 19.3 Å². The van der Waals surface area contributed by atoms with E-state index in [9.17, 15) is 13.2 Å². The van der Waals surface area contributed by atoms with E-state index in [0.717, 1.165) is 29.3 Å². The summed E-state index contributed by atoms with van der Waals surface area (Å²) in [5, 5.41) is 14.4. The molecule has 3 rings (SSSR count). The number of rotatable bonds is 2. The minimum Gasteiger partial charge on any atom is -0.366 e. The number of fused-ring (bicyclic) bond motifs is 1. The fourth-order valence-electron chi connectivity index (χ4n) is 3.20. The summed E-state index contributed by atoms with van der Waals surface area (Å²) in [6.07, 6.45) is -1.54. The van der Waals surface area contributed by atoms with Gasteiger partial charge in [-0.05, 0) is 44.1 Å². The lowest BCUT2D eigenvalue weighted by molar-refractivity contribution is -0.146. The van der Waals surface area contributed by atoms with E-state index in [1.165, 1.54) is 0 Å². The Balaban J connectivity index is 2.02. The molecule has 1 aliphatic carbocycles. The van der Waals surface area contributed by atoms with Crippen molar-refractivity contribution in [3.8, 4) is 0 Å². The normalized spacial score (nSPS) is 21.1. The van der Waals surface area contributed by atoms with Crippen LogP contribution in [-0.4, -0.2) is 25.9 Å². The smallest absolute Gasteiger partial charge is 0.366 e. The van der Waals surface area contributed by atoms with Gasteiger partial charge in [-0.15, -0.1) is 15.3 Å². The van der Waals surface area contributed by atoms with Crippen LogP contribution in [0.2, 0.25) is 0 Å². The highest BCUT2D eigenvalue weighted by Crippen LogP contribution is 2.38. The first-order valence-corrected chi connectivity index (χ1v) is 7.65. The van der Waals surface area contributed by atoms with Gasteiger partial charge in [0, 0.05) is 11.6 Å². The van der Waals surface area contributed by atoms with Crippen molar-refractivity contribution in [2.75, 3.05) is 5.32 Å². The lowest BCUT2D eigenvalue weighted by atomic mass is 9.92. The Bertz CT molecular complexity index is 748. The first-order chi connectivity index (χ1) is 10.6. The van der Waals surface area contributed by atoms with E-state index in [-0.39, 0.29) is 17.1 Å². The minimum atomic E-state index is -4.58. The van der Waals surface area contributed by atoms with Crippen LogP contribution < -0.4 is 5.32 Å². The van der Waals surface area contributed by atoms with E-state index in [0.29, 0.717) is 11.4 Å². The number of alkyl halides is 3. The standard InChI is InChI=1S/C15H20F3N5/c1-8-9(2)12-20-21-13(15(16,17)18)23(12)22-11(8)19-10-5-6-14(3,4)7-10/h10H,5-7H2,1-4H3,(H,19,22). The highest BCUT2D eigenvalue weighted by molar-refractivity contribution is 5.58. The fraction of sp³-hybridized carbons (Fsp3) is 0.667. The molecule has 1 N–H and O–H groups in total. The van der Waals surface area contributed by atoms with Gasteiger partial charge >= 0.3 is 6.18 Å². The summed E-state index contributed by atoms with van der Waals surface area (Å²) in [5.74, 6) is -0.617. The molecule has 1 atom stereocenters. The molecule has 0 bridgehead atoms. The quantitative estimate of drug-likeness (QED) is 0.913. The van der Waals surface area contributed by atoms with Crippen LogP contribution in [0.1, 0.15) is 50.1 Å². The molecule has 2 heterocycles. The molecule has 1 saturated carbocycles. The maximum Gasteiger partial charge on any atom is 0.453 e. The maximum atomic E-state index is 13.0. The number of hydrogen-bond donors (Lipinski definition) is 1. The minimum absolute atomic E-state index is 0.145. The summed E-state index contributed by atoms with van der Waals surface area (Å²) >= 11 is 0. The Kier molecular flexibility index (Phi) is 3.53. The molecule has 1 aliphatic rings. The summed E-state index contributed by atoms with van der Waals surface area (Å²) in [5.41, 5.74) is 1.86. The van der Waals surface area contributed by atoms with E-state index in [1.807, 2.05) is 6.92 Å². The molecule has 0 aromatic carbocycles. The number of nitrogens with one attached hydrogen (secondary N) is 1. The van der Waals surface area contributed by atoms with Crippen LogP contribution >= 0.6 is 0 Å². The fourth-order valence-corrected chi connectivity index (χ4v) is 3.20. The summed E-state index contributed by atoms with van der Waals surface area (Å²) in [7, 11) is 0. The Morgan fingerprint density at radius 2 is 1.87 bits per heavy atom. The van der Waals surface area contributed by atoms with E-state index in [2.05, 4.69) is 34.5 Å². The lowest BCUT2D eigenvalue weighted by Gasteiger charge is -2.19. The van der Waals surface area contributed by atoms with Gasteiger partial charge in [0.05, 0.1) is 0 Å². The number of hydrogen-bond acceptors (Lipinski definition) is 4. The monoisotopic (exact) mass is 327 g/mol. The summed E-state index contributed by atoms with van der Waals surface area (Å²) in [6, 6.07) is 0.221. The van der Waals surface area contributed by atoms with E-state index in [4.69, 9.17) is 0 Å². The first kappa shape index (κ1) is 16.0. The number of aryl methyl sites for hydroxylation is 1. The molecule has 2 aromatic rings. The van der Waals surface area contributed by atoms with Gasteiger partial charge in [0.1, 0.15) is 0 Å². The Labute approximate surface area is 132 Å². The topological polar surface area (TPSA) is 55.1 Å². The Hall–Kier alpha value is -1.86. The summed E-state index contributed by atoms with van der Waals surface area (Å²) in [6.45, 7) is 7.98. The van der Waals surface area contributed by atoms with Crippen LogP contribution in [-0.2, 0) is 6.18 Å². The van der Waals surface area contributed by atoms with Crippen LogP contribution in [0.5, 0.6) is 0 Å². The molecular formula is C15H20F3N5. The second-order valence-corrected chi connectivity index (χ2v) is 7.10. The Morgan fingerprint density at radius 1 is 1.17 bits per heavy atom. The highest BCUT2D eigenvalue weighted by atomic mass is 19.4. The number of halogens is 3. The van der Waals surface area contributed by atoms with Crippen LogP contribution in [0.4, 0.5) is 19.0 Å². The predicted molar refractivity (Wildman–Crippen MR) is 80.3 cm³/mol. The zero-order valence-electron chi connectivity index (χ0n) is 13.6. The molecule has 2 aromatic heterocycles. The first-order valence-electron chi connectivity index (χ1n) is 7.65. The Morgan fingerprint density at radius 3 is 2.43 bits per heavy atom. The second kappa shape index (κ2) is 5.07. The van der Waals surface area contributed by atoms with Crippen LogP contribution in [0.25, 0.3) is 5.65 Å². The van der Waals surface area contributed by atoms with E-state index < -0.39 is 12.0 Å². The molecular weight excluding hydrogens is 307 g/mol. The molecule has 126 valence electrons. The second-order valence-electron chi connectivity index (χ2n) is 7.10. The van der Waals surface area contributed by atoms with Gasteiger partial charge in [0.2, 0.25) is 0 Å². The highest BCUT2D eigenvalue weighted by Gasteiger charge is 2.38. The van der Waals surface area contributed by atoms with Gasteiger partial charge < -0.3 is 5.32 Å². The third-order valence-corrected chi connectivity index (χ3v) is 4.66. The van der Waals surface area contributed by atoms with Crippen molar-refractivity contribution in [1.82, 2.24) is 19.8 Å². The zero-order chi connectivity index (χ0) is 17.0. The molecule has 0 spiro atoms. The lowest BCUT2D eigenvalue weighted by Crippen LogP contribution is -2.21. The van der Waals surface area contributed by atoms with Gasteiger partial charge in [-0.25, -0.2) is 0 Å². The maximum absolute atomic E-state index is 13.0. The van der Waals surface area contributed by atoms with Gasteiger partial charge in [0.15, 0.2) is 11.5 Å². The van der Waals surface area contributed by atoms with Crippen molar-refractivity contribution in [2.24, 2.45) is 5.41 Å². The molecule has 1 fully saturated rings. The summed E-state index contributed by atoms with van der Waals surface area (Å²) < 4.78 is 39.9. The molecule has 23 heavy (non-hydrogen) atoms. The number of aromatic nitrogens is 4. The third-order valence-electron chi connectivity index (χ3n) is 4.66. The van der Waals surface area contributed by atoms with Gasteiger partial charge in [0.25, 0.3) is 5.82 Å². The van der Waals surface area contributed by atoms with E-state index in [1.54, 1.807) is 6.92 Å². The van der Waals surface area contributed by atoms with Crippen molar-refractivity contribution in [3.05, 3.63) is 17.0 Å². The SMILES string of the molecule is Cc1c(NC2CCC(C)(C)C2)nn2c(C(F)(F)F)nnc2c1C. The third kappa shape index (κ3) is 2.86.